The summed E-state index contributed by atoms with van der Waals surface area (Å²) in [5.41, 5.74) is 3.30. The van der Waals surface area contributed by atoms with Crippen LogP contribution in [0.15, 0.2) is 57.9 Å². The molecule has 1 aliphatic rings. The van der Waals surface area contributed by atoms with Gasteiger partial charge in [-0.05, 0) is 48.2 Å². The molecule has 2 aromatic heterocycles. The van der Waals surface area contributed by atoms with Gasteiger partial charge in [0.1, 0.15) is 11.9 Å². The molecule has 2 aromatic carbocycles. The van der Waals surface area contributed by atoms with E-state index in [1.54, 1.807) is 18.9 Å². The molecule has 9 heteroatoms. The van der Waals surface area contributed by atoms with Crippen LogP contribution in [-0.4, -0.2) is 38.5 Å². The molecule has 0 bridgehead atoms. The van der Waals surface area contributed by atoms with Crippen molar-refractivity contribution in [2.24, 2.45) is 0 Å². The highest BCUT2D eigenvalue weighted by atomic mass is 32.2. The number of ether oxygens (including phenoxy) is 2. The summed E-state index contributed by atoms with van der Waals surface area (Å²) in [5, 5.41) is 12.7. The third kappa shape index (κ3) is 3.46. The molecule has 0 saturated carbocycles. The third-order valence-electron chi connectivity index (χ3n) is 5.04. The second kappa shape index (κ2) is 7.92. The monoisotopic (exact) mass is 421 g/mol. The zero-order valence-corrected chi connectivity index (χ0v) is 17.3. The SMILES string of the molecule is COc1cccc(C2Cn3nnc(-c4nc(-c5ccc(SC)cc5)no4)c3CO2)c1. The normalized spacial score (nSPS) is 15.7. The minimum Gasteiger partial charge on any atom is -0.497 e. The number of aromatic nitrogens is 5. The van der Waals surface area contributed by atoms with E-state index in [0.29, 0.717) is 30.6 Å². The molecular weight excluding hydrogens is 402 g/mol. The lowest BCUT2D eigenvalue weighted by Crippen LogP contribution is -2.22. The predicted molar refractivity (Wildman–Crippen MR) is 111 cm³/mol. The average Bonchev–Trinajstić information content (AvgIpc) is 3.46. The number of nitrogens with zero attached hydrogens (tertiary/aromatic N) is 5. The van der Waals surface area contributed by atoms with E-state index >= 15 is 0 Å². The highest BCUT2D eigenvalue weighted by Crippen LogP contribution is 2.32. The summed E-state index contributed by atoms with van der Waals surface area (Å²) in [6.07, 6.45) is 1.91. The molecule has 0 N–H and O–H groups in total. The quantitative estimate of drug-likeness (QED) is 0.447. The minimum atomic E-state index is -0.129. The lowest BCUT2D eigenvalue weighted by molar-refractivity contribution is -0.00127. The first kappa shape index (κ1) is 18.8. The van der Waals surface area contributed by atoms with E-state index in [-0.39, 0.29) is 6.10 Å². The van der Waals surface area contributed by atoms with Crippen molar-refractivity contribution in [3.05, 3.63) is 59.8 Å². The summed E-state index contributed by atoms with van der Waals surface area (Å²) in [6.45, 7) is 0.900. The first-order valence-corrected chi connectivity index (χ1v) is 10.6. The fourth-order valence-corrected chi connectivity index (χ4v) is 3.81. The topological polar surface area (TPSA) is 88.1 Å². The number of methoxy groups -OCH3 is 1. The van der Waals surface area contributed by atoms with Gasteiger partial charge in [0.15, 0.2) is 5.69 Å². The van der Waals surface area contributed by atoms with Gasteiger partial charge in [0.25, 0.3) is 5.89 Å². The molecule has 152 valence electrons. The Morgan fingerprint density at radius 3 is 2.83 bits per heavy atom. The van der Waals surface area contributed by atoms with Crippen LogP contribution in [0.25, 0.3) is 23.0 Å². The van der Waals surface area contributed by atoms with Crippen LogP contribution in [0.5, 0.6) is 5.75 Å². The first-order chi connectivity index (χ1) is 14.7. The summed E-state index contributed by atoms with van der Waals surface area (Å²) in [6, 6.07) is 15.9. The number of hydrogen-bond donors (Lipinski definition) is 0. The third-order valence-corrected chi connectivity index (χ3v) is 5.78. The number of fused-ring (bicyclic) bond motifs is 1. The van der Waals surface area contributed by atoms with Gasteiger partial charge in [-0.1, -0.05) is 22.5 Å². The summed E-state index contributed by atoms with van der Waals surface area (Å²) in [7, 11) is 1.65. The smallest absolute Gasteiger partial charge is 0.280 e. The number of thioether (sulfide) groups is 1. The highest BCUT2D eigenvalue weighted by Gasteiger charge is 2.28. The van der Waals surface area contributed by atoms with E-state index in [9.17, 15) is 0 Å². The van der Waals surface area contributed by atoms with Crippen LogP contribution >= 0.6 is 11.8 Å². The average molecular weight is 421 g/mol. The Bertz CT molecular complexity index is 1170. The van der Waals surface area contributed by atoms with Gasteiger partial charge in [-0.2, -0.15) is 4.98 Å². The Morgan fingerprint density at radius 2 is 2.03 bits per heavy atom. The van der Waals surface area contributed by atoms with Crippen molar-refractivity contribution in [3.8, 4) is 28.7 Å². The highest BCUT2D eigenvalue weighted by molar-refractivity contribution is 7.98. The van der Waals surface area contributed by atoms with Gasteiger partial charge in [0.2, 0.25) is 5.82 Å². The maximum Gasteiger partial charge on any atom is 0.280 e. The number of hydrogen-bond acceptors (Lipinski definition) is 8. The zero-order valence-electron chi connectivity index (χ0n) is 16.5. The number of benzene rings is 2. The van der Waals surface area contributed by atoms with Gasteiger partial charge in [0.05, 0.1) is 26.0 Å². The molecule has 3 heterocycles. The molecule has 1 aliphatic heterocycles. The van der Waals surface area contributed by atoms with Crippen molar-refractivity contribution >= 4 is 11.8 Å². The van der Waals surface area contributed by atoms with Crippen molar-refractivity contribution in [1.29, 1.82) is 0 Å². The maximum atomic E-state index is 6.08. The fourth-order valence-electron chi connectivity index (χ4n) is 3.40. The molecule has 5 rings (SSSR count). The van der Waals surface area contributed by atoms with Crippen molar-refractivity contribution in [2.75, 3.05) is 13.4 Å². The van der Waals surface area contributed by atoms with Gasteiger partial charge >= 0.3 is 0 Å². The predicted octanol–water partition coefficient (Wildman–Crippen LogP) is 4.00. The van der Waals surface area contributed by atoms with E-state index in [1.807, 2.05) is 59.5 Å². The second-order valence-corrected chi connectivity index (χ2v) is 7.67. The zero-order chi connectivity index (χ0) is 20.5. The molecule has 0 fully saturated rings. The van der Waals surface area contributed by atoms with E-state index in [0.717, 1.165) is 22.6 Å². The van der Waals surface area contributed by atoms with Crippen LogP contribution < -0.4 is 4.74 Å². The van der Waals surface area contributed by atoms with Crippen LogP contribution in [0.2, 0.25) is 0 Å². The lowest BCUT2D eigenvalue weighted by Gasteiger charge is -2.24. The van der Waals surface area contributed by atoms with Crippen molar-refractivity contribution < 1.29 is 14.0 Å². The van der Waals surface area contributed by atoms with Crippen LogP contribution in [0.3, 0.4) is 0 Å². The lowest BCUT2D eigenvalue weighted by atomic mass is 10.1. The molecule has 0 amide bonds. The van der Waals surface area contributed by atoms with Gasteiger partial charge in [-0.25, -0.2) is 4.68 Å². The molecule has 0 saturated heterocycles. The maximum absolute atomic E-state index is 6.08. The molecule has 0 spiro atoms. The Labute approximate surface area is 177 Å². The van der Waals surface area contributed by atoms with Crippen LogP contribution in [0.1, 0.15) is 17.4 Å². The van der Waals surface area contributed by atoms with Crippen molar-refractivity contribution in [2.45, 2.75) is 24.2 Å². The summed E-state index contributed by atoms with van der Waals surface area (Å²) >= 11 is 1.69. The van der Waals surface area contributed by atoms with Crippen LogP contribution in [0, 0.1) is 0 Å². The molecule has 30 heavy (non-hydrogen) atoms. The molecule has 1 unspecified atom stereocenters. The van der Waals surface area contributed by atoms with E-state index in [2.05, 4.69) is 20.5 Å². The van der Waals surface area contributed by atoms with Crippen molar-refractivity contribution in [1.82, 2.24) is 25.1 Å². The van der Waals surface area contributed by atoms with E-state index < -0.39 is 0 Å². The summed E-state index contributed by atoms with van der Waals surface area (Å²) in [4.78, 5) is 5.69. The van der Waals surface area contributed by atoms with Gasteiger partial charge in [-0.3, -0.25) is 0 Å². The Morgan fingerprint density at radius 1 is 1.17 bits per heavy atom. The number of rotatable bonds is 5. The van der Waals surface area contributed by atoms with E-state index in [4.69, 9.17) is 14.0 Å². The van der Waals surface area contributed by atoms with Gasteiger partial charge < -0.3 is 14.0 Å². The molecule has 0 radical (unpaired) electrons. The molecule has 8 nitrogen and oxygen atoms in total. The van der Waals surface area contributed by atoms with Gasteiger partial charge in [-0.15, -0.1) is 16.9 Å². The second-order valence-electron chi connectivity index (χ2n) is 6.79. The largest absolute Gasteiger partial charge is 0.497 e. The van der Waals surface area contributed by atoms with E-state index in [1.165, 1.54) is 4.90 Å². The molecule has 1 atom stereocenters. The minimum absolute atomic E-state index is 0.129. The Balaban J connectivity index is 1.38. The summed E-state index contributed by atoms with van der Waals surface area (Å²) in [5.74, 6) is 1.65. The fraction of sp³-hybridized carbons (Fsp3) is 0.238. The summed E-state index contributed by atoms with van der Waals surface area (Å²) < 4.78 is 18.7. The van der Waals surface area contributed by atoms with Crippen LogP contribution in [-0.2, 0) is 17.9 Å². The Kier molecular flexibility index (Phi) is 4.97. The van der Waals surface area contributed by atoms with Crippen LogP contribution in [0.4, 0.5) is 0 Å². The van der Waals surface area contributed by atoms with Crippen molar-refractivity contribution in [3.63, 3.8) is 0 Å². The Hall–Kier alpha value is -3.17. The first-order valence-electron chi connectivity index (χ1n) is 9.41. The van der Waals surface area contributed by atoms with Gasteiger partial charge in [0, 0.05) is 10.5 Å². The standard InChI is InChI=1S/C21H19N5O3S/c1-27-15-5-3-4-14(10-15)18-11-26-17(12-28-18)19(23-25-26)21-22-20(24-29-21)13-6-8-16(30-2)9-7-13/h3-10,18H,11-12H2,1-2H3. The molecule has 4 aromatic rings. The molecule has 0 aliphatic carbocycles. The molecular formula is C21H19N5O3S.